The van der Waals surface area contributed by atoms with Crippen molar-refractivity contribution in [2.45, 2.75) is 51.7 Å². The standard InChI is InChI=1S/C18H24O6/c1-17(2)12-6-11(19)18(7-24-12)10-4-3-8(16(22)23)5-9(10)13(20)14(21)15(17)18/h8-10,12,14-15,21H,3-7H2,1-2H3,(H,22,23)/t8-,9-,10-,12-,14-,15-,18-/m1/s1. The predicted molar refractivity (Wildman–Crippen MR) is 82.0 cm³/mol. The molecule has 132 valence electrons. The second kappa shape index (κ2) is 4.88. The van der Waals surface area contributed by atoms with Crippen LogP contribution in [0, 0.1) is 34.5 Å². The van der Waals surface area contributed by atoms with Crippen LogP contribution in [0.25, 0.3) is 0 Å². The summed E-state index contributed by atoms with van der Waals surface area (Å²) in [5.74, 6) is -2.83. The molecule has 0 amide bonds. The lowest BCUT2D eigenvalue weighted by Gasteiger charge is -2.66. The number of aliphatic hydroxyl groups excluding tert-OH is 1. The number of hydrogen-bond acceptors (Lipinski definition) is 5. The van der Waals surface area contributed by atoms with E-state index in [9.17, 15) is 24.6 Å². The molecular weight excluding hydrogens is 312 g/mol. The van der Waals surface area contributed by atoms with E-state index >= 15 is 0 Å². The number of carboxylic acid groups (broad SMARTS) is 1. The molecule has 5 aliphatic rings. The Morgan fingerprint density at radius 2 is 1.96 bits per heavy atom. The lowest BCUT2D eigenvalue weighted by atomic mass is 9.40. The average molecular weight is 336 g/mol. The minimum absolute atomic E-state index is 0.0957. The van der Waals surface area contributed by atoms with Crippen molar-refractivity contribution in [2.75, 3.05) is 6.61 Å². The number of carbonyl (C=O) groups excluding carboxylic acids is 2. The smallest absolute Gasteiger partial charge is 0.306 e. The van der Waals surface area contributed by atoms with Gasteiger partial charge in [0.1, 0.15) is 11.9 Å². The molecule has 0 aromatic carbocycles. The third-order valence-corrected chi connectivity index (χ3v) is 7.43. The fourth-order valence-corrected chi connectivity index (χ4v) is 6.28. The zero-order valence-electron chi connectivity index (χ0n) is 14.0. The topological polar surface area (TPSA) is 101 Å². The quantitative estimate of drug-likeness (QED) is 0.742. The minimum Gasteiger partial charge on any atom is -0.481 e. The fourth-order valence-electron chi connectivity index (χ4n) is 6.28. The Hall–Kier alpha value is -1.27. The highest BCUT2D eigenvalue weighted by Crippen LogP contribution is 2.65. The first kappa shape index (κ1) is 16.2. The van der Waals surface area contributed by atoms with Gasteiger partial charge in [-0.05, 0) is 30.6 Å². The molecule has 2 bridgehead atoms. The number of rotatable bonds is 1. The Kier molecular flexibility index (Phi) is 3.30. The summed E-state index contributed by atoms with van der Waals surface area (Å²) >= 11 is 0. The summed E-state index contributed by atoms with van der Waals surface area (Å²) in [5, 5.41) is 20.1. The molecule has 6 nitrogen and oxygen atoms in total. The van der Waals surface area contributed by atoms with Gasteiger partial charge >= 0.3 is 5.97 Å². The van der Waals surface area contributed by atoms with Gasteiger partial charge in [-0.25, -0.2) is 0 Å². The number of carboxylic acids is 1. The molecule has 6 heteroatoms. The van der Waals surface area contributed by atoms with E-state index in [0.717, 1.165) is 0 Å². The van der Waals surface area contributed by atoms with Gasteiger partial charge in [0.15, 0.2) is 5.78 Å². The molecule has 3 aliphatic carbocycles. The van der Waals surface area contributed by atoms with Crippen molar-refractivity contribution in [2.24, 2.45) is 34.5 Å². The summed E-state index contributed by atoms with van der Waals surface area (Å²) in [6, 6.07) is 0. The van der Waals surface area contributed by atoms with Crippen molar-refractivity contribution in [3.05, 3.63) is 0 Å². The molecule has 7 atom stereocenters. The Labute approximate surface area is 140 Å². The molecule has 0 radical (unpaired) electrons. The number of Topliss-reactive ketones (excluding diaryl/α,β-unsaturated/α-hetero) is 2. The second-order valence-corrected chi connectivity index (χ2v) is 8.67. The van der Waals surface area contributed by atoms with Crippen molar-refractivity contribution in [1.82, 2.24) is 0 Å². The molecule has 2 saturated heterocycles. The molecule has 1 spiro atoms. The van der Waals surface area contributed by atoms with Gasteiger partial charge in [-0.15, -0.1) is 0 Å². The van der Waals surface area contributed by atoms with Crippen LogP contribution in [0.4, 0.5) is 0 Å². The predicted octanol–water partition coefficient (Wildman–Crippen LogP) is 1.05. The number of carbonyl (C=O) groups is 3. The van der Waals surface area contributed by atoms with Crippen LogP contribution in [0.3, 0.4) is 0 Å². The Morgan fingerprint density at radius 1 is 1.25 bits per heavy atom. The van der Waals surface area contributed by atoms with E-state index in [1.165, 1.54) is 0 Å². The van der Waals surface area contributed by atoms with Gasteiger partial charge in [0.2, 0.25) is 0 Å². The van der Waals surface area contributed by atoms with Crippen LogP contribution in [-0.4, -0.2) is 46.6 Å². The maximum absolute atomic E-state index is 13.0. The number of hydrogen-bond donors (Lipinski definition) is 2. The molecule has 2 heterocycles. The average Bonchev–Trinajstić information content (AvgIpc) is 2.53. The molecule has 5 fully saturated rings. The Morgan fingerprint density at radius 3 is 2.58 bits per heavy atom. The number of aliphatic carboxylic acids is 1. The fraction of sp³-hybridized carbons (Fsp3) is 0.833. The third kappa shape index (κ3) is 1.76. The molecule has 0 aromatic heterocycles. The normalized spacial score (nSPS) is 49.5. The van der Waals surface area contributed by atoms with Crippen LogP contribution < -0.4 is 0 Å². The van der Waals surface area contributed by atoms with Crippen LogP contribution in [0.1, 0.15) is 39.5 Å². The minimum atomic E-state index is -1.20. The molecule has 0 aromatic rings. The molecule has 0 unspecified atom stereocenters. The monoisotopic (exact) mass is 336 g/mol. The summed E-state index contributed by atoms with van der Waals surface area (Å²) in [4.78, 5) is 37.2. The van der Waals surface area contributed by atoms with E-state index in [1.54, 1.807) is 0 Å². The molecular formula is C18H24O6. The highest BCUT2D eigenvalue weighted by atomic mass is 16.5. The van der Waals surface area contributed by atoms with Gasteiger partial charge in [-0.3, -0.25) is 14.4 Å². The second-order valence-electron chi connectivity index (χ2n) is 8.67. The molecule has 24 heavy (non-hydrogen) atoms. The molecule has 2 N–H and O–H groups in total. The third-order valence-electron chi connectivity index (χ3n) is 7.43. The number of ketones is 2. The van der Waals surface area contributed by atoms with Crippen LogP contribution in [0.5, 0.6) is 0 Å². The van der Waals surface area contributed by atoms with Gasteiger partial charge in [-0.2, -0.15) is 0 Å². The van der Waals surface area contributed by atoms with Crippen LogP contribution in [0.2, 0.25) is 0 Å². The van der Waals surface area contributed by atoms with Gasteiger partial charge in [0.05, 0.1) is 24.0 Å². The summed E-state index contributed by atoms with van der Waals surface area (Å²) in [5.41, 5.74) is -1.28. The van der Waals surface area contributed by atoms with Crippen LogP contribution in [0.15, 0.2) is 0 Å². The van der Waals surface area contributed by atoms with Gasteiger partial charge < -0.3 is 14.9 Å². The molecule has 5 rings (SSSR count). The summed E-state index contributed by atoms with van der Waals surface area (Å²) < 4.78 is 5.97. The summed E-state index contributed by atoms with van der Waals surface area (Å²) in [6.45, 7) is 4.21. The van der Waals surface area contributed by atoms with Crippen molar-refractivity contribution >= 4 is 17.5 Å². The maximum atomic E-state index is 13.0. The maximum Gasteiger partial charge on any atom is 0.306 e. The number of ether oxygens (including phenoxy) is 1. The largest absolute Gasteiger partial charge is 0.481 e. The van der Waals surface area contributed by atoms with E-state index in [4.69, 9.17) is 4.74 Å². The van der Waals surface area contributed by atoms with Crippen molar-refractivity contribution in [3.8, 4) is 0 Å². The first-order valence-corrected chi connectivity index (χ1v) is 8.80. The number of fused-ring (bicyclic) bond motifs is 3. The summed E-state index contributed by atoms with van der Waals surface area (Å²) in [7, 11) is 0. The number of aliphatic hydroxyl groups is 1. The summed E-state index contributed by atoms with van der Waals surface area (Å²) in [6.07, 6.45) is 0.103. The van der Waals surface area contributed by atoms with Crippen molar-refractivity contribution < 1.29 is 29.3 Å². The van der Waals surface area contributed by atoms with E-state index in [2.05, 4.69) is 0 Å². The molecule has 3 saturated carbocycles. The lowest BCUT2D eigenvalue weighted by Crippen LogP contribution is -2.74. The lowest BCUT2D eigenvalue weighted by molar-refractivity contribution is -0.262. The SMILES string of the molecule is CC1(C)[C@H]2[C@H](O)C(=O)[C@@H]3C[C@H](C(=O)O)CC[C@H]3[C@@]23CO[C@@H]1CC3=O. The van der Waals surface area contributed by atoms with Crippen LogP contribution in [-0.2, 0) is 19.1 Å². The zero-order chi connectivity index (χ0) is 17.4. The van der Waals surface area contributed by atoms with Crippen molar-refractivity contribution in [3.63, 3.8) is 0 Å². The highest BCUT2D eigenvalue weighted by Gasteiger charge is 2.72. The van der Waals surface area contributed by atoms with Gasteiger partial charge in [0, 0.05) is 18.3 Å². The van der Waals surface area contributed by atoms with Crippen molar-refractivity contribution in [1.29, 1.82) is 0 Å². The first-order chi connectivity index (χ1) is 11.2. The highest BCUT2D eigenvalue weighted by molar-refractivity contribution is 5.95. The van der Waals surface area contributed by atoms with Gasteiger partial charge in [0.25, 0.3) is 0 Å². The zero-order valence-corrected chi connectivity index (χ0v) is 14.0. The first-order valence-electron chi connectivity index (χ1n) is 8.80. The van der Waals surface area contributed by atoms with Crippen LogP contribution >= 0.6 is 0 Å². The van der Waals surface area contributed by atoms with E-state index < -0.39 is 40.7 Å². The Balaban J connectivity index is 1.81. The molecule has 2 aliphatic heterocycles. The van der Waals surface area contributed by atoms with E-state index in [-0.39, 0.29) is 36.6 Å². The van der Waals surface area contributed by atoms with E-state index in [0.29, 0.717) is 19.3 Å². The Bertz CT molecular complexity index is 625. The van der Waals surface area contributed by atoms with Gasteiger partial charge in [-0.1, -0.05) is 13.8 Å². The van der Waals surface area contributed by atoms with E-state index in [1.807, 2.05) is 13.8 Å².